The molecule has 0 bridgehead atoms. The highest BCUT2D eigenvalue weighted by Gasteiger charge is 2.36. The lowest BCUT2D eigenvalue weighted by molar-refractivity contribution is -0.149. The van der Waals surface area contributed by atoms with Gasteiger partial charge >= 0.3 is 5.97 Å². The van der Waals surface area contributed by atoms with Crippen molar-refractivity contribution in [3.63, 3.8) is 0 Å². The lowest BCUT2D eigenvalue weighted by atomic mass is 10.1. The standard InChI is InChI=1S/C14H17NO3/c15-13-7-11(6-12(13)8-16)14(17)18-9-10-4-2-1-3-5-10/h1-5,8,11-13H,6-7,9,15H2. The number of nitrogens with two attached hydrogens (primary N) is 1. The Labute approximate surface area is 106 Å². The van der Waals surface area contributed by atoms with Gasteiger partial charge in [-0.1, -0.05) is 30.3 Å². The summed E-state index contributed by atoms with van der Waals surface area (Å²) in [6.45, 7) is 0.275. The van der Waals surface area contributed by atoms with Crippen LogP contribution in [0, 0.1) is 11.8 Å². The van der Waals surface area contributed by atoms with E-state index in [1.165, 1.54) is 0 Å². The molecule has 4 nitrogen and oxygen atoms in total. The summed E-state index contributed by atoms with van der Waals surface area (Å²) in [5.41, 5.74) is 6.74. The molecule has 0 amide bonds. The molecule has 0 aromatic heterocycles. The van der Waals surface area contributed by atoms with E-state index in [0.29, 0.717) is 12.8 Å². The third-order valence-corrected chi connectivity index (χ3v) is 3.40. The Morgan fingerprint density at radius 1 is 1.33 bits per heavy atom. The number of hydrogen-bond donors (Lipinski definition) is 1. The SMILES string of the molecule is NC1CC(C(=O)OCc2ccccc2)CC1C=O. The van der Waals surface area contributed by atoms with E-state index >= 15 is 0 Å². The quantitative estimate of drug-likeness (QED) is 0.643. The highest BCUT2D eigenvalue weighted by Crippen LogP contribution is 2.29. The van der Waals surface area contributed by atoms with Crippen LogP contribution in [-0.4, -0.2) is 18.3 Å². The Morgan fingerprint density at radius 2 is 2.06 bits per heavy atom. The van der Waals surface area contributed by atoms with E-state index in [2.05, 4.69) is 0 Å². The maximum absolute atomic E-state index is 11.8. The summed E-state index contributed by atoms with van der Waals surface area (Å²) in [4.78, 5) is 22.6. The second-order valence-corrected chi connectivity index (χ2v) is 4.73. The Bertz CT molecular complexity index is 418. The van der Waals surface area contributed by atoms with Crippen LogP contribution < -0.4 is 5.73 Å². The molecule has 1 saturated carbocycles. The fourth-order valence-electron chi connectivity index (χ4n) is 2.30. The Kier molecular flexibility index (Phi) is 4.10. The molecule has 1 aromatic carbocycles. The van der Waals surface area contributed by atoms with Gasteiger partial charge in [-0.15, -0.1) is 0 Å². The van der Waals surface area contributed by atoms with Crippen LogP contribution in [0.2, 0.25) is 0 Å². The highest BCUT2D eigenvalue weighted by atomic mass is 16.5. The lowest BCUT2D eigenvalue weighted by Crippen LogP contribution is -2.25. The molecule has 2 N–H and O–H groups in total. The molecule has 0 radical (unpaired) electrons. The topological polar surface area (TPSA) is 69.4 Å². The zero-order valence-electron chi connectivity index (χ0n) is 10.1. The number of benzene rings is 1. The Hall–Kier alpha value is -1.68. The van der Waals surface area contributed by atoms with Gasteiger partial charge in [0, 0.05) is 12.0 Å². The summed E-state index contributed by atoms with van der Waals surface area (Å²) in [7, 11) is 0. The van der Waals surface area contributed by atoms with Crippen molar-refractivity contribution in [3.8, 4) is 0 Å². The number of rotatable bonds is 4. The van der Waals surface area contributed by atoms with Crippen molar-refractivity contribution in [3.05, 3.63) is 35.9 Å². The normalized spacial score (nSPS) is 26.8. The Balaban J connectivity index is 1.84. The van der Waals surface area contributed by atoms with Crippen LogP contribution >= 0.6 is 0 Å². The summed E-state index contributed by atoms with van der Waals surface area (Å²) < 4.78 is 5.24. The predicted octanol–water partition coefficient (Wildman–Crippen LogP) is 1.28. The van der Waals surface area contributed by atoms with Gasteiger partial charge in [0.2, 0.25) is 0 Å². The van der Waals surface area contributed by atoms with Gasteiger partial charge in [-0.2, -0.15) is 0 Å². The molecule has 18 heavy (non-hydrogen) atoms. The van der Waals surface area contributed by atoms with Gasteiger partial charge < -0.3 is 15.3 Å². The van der Waals surface area contributed by atoms with Crippen molar-refractivity contribution in [2.24, 2.45) is 17.6 Å². The second-order valence-electron chi connectivity index (χ2n) is 4.73. The fourth-order valence-corrected chi connectivity index (χ4v) is 2.30. The molecular formula is C14H17NO3. The number of aldehydes is 1. The van der Waals surface area contributed by atoms with Crippen molar-refractivity contribution >= 4 is 12.3 Å². The number of esters is 1. The average Bonchev–Trinajstić information content (AvgIpc) is 2.78. The molecule has 4 heteroatoms. The van der Waals surface area contributed by atoms with Crippen molar-refractivity contribution in [2.75, 3.05) is 0 Å². The van der Waals surface area contributed by atoms with Gasteiger partial charge in [0.1, 0.15) is 12.9 Å². The monoisotopic (exact) mass is 247 g/mol. The number of carbonyl (C=O) groups is 2. The van der Waals surface area contributed by atoms with E-state index in [4.69, 9.17) is 10.5 Å². The molecule has 1 aromatic rings. The van der Waals surface area contributed by atoms with Crippen molar-refractivity contribution < 1.29 is 14.3 Å². The molecule has 3 atom stereocenters. The van der Waals surface area contributed by atoms with Crippen molar-refractivity contribution in [1.29, 1.82) is 0 Å². The minimum absolute atomic E-state index is 0.209. The maximum Gasteiger partial charge on any atom is 0.309 e. The first-order chi connectivity index (χ1) is 8.70. The van der Waals surface area contributed by atoms with E-state index in [0.717, 1.165) is 11.8 Å². The number of carbonyl (C=O) groups excluding carboxylic acids is 2. The molecule has 3 unspecified atom stereocenters. The van der Waals surface area contributed by atoms with E-state index in [1.54, 1.807) is 0 Å². The van der Waals surface area contributed by atoms with Crippen LogP contribution in [0.3, 0.4) is 0 Å². The van der Waals surface area contributed by atoms with Gasteiger partial charge in [-0.05, 0) is 18.4 Å². The molecular weight excluding hydrogens is 230 g/mol. The second kappa shape index (κ2) is 5.78. The molecule has 1 aliphatic carbocycles. The van der Waals surface area contributed by atoms with E-state index in [1.807, 2.05) is 30.3 Å². The van der Waals surface area contributed by atoms with Crippen LogP contribution in [0.15, 0.2) is 30.3 Å². The maximum atomic E-state index is 11.8. The number of ether oxygens (including phenoxy) is 1. The van der Waals surface area contributed by atoms with Crippen LogP contribution in [0.5, 0.6) is 0 Å². The summed E-state index contributed by atoms with van der Waals surface area (Å²) in [5.74, 6) is -0.697. The fraction of sp³-hybridized carbons (Fsp3) is 0.429. The summed E-state index contributed by atoms with van der Waals surface area (Å²) in [5, 5.41) is 0. The third kappa shape index (κ3) is 2.96. The zero-order valence-corrected chi connectivity index (χ0v) is 10.1. The number of hydrogen-bond acceptors (Lipinski definition) is 4. The van der Waals surface area contributed by atoms with E-state index in [-0.39, 0.29) is 30.5 Å². The van der Waals surface area contributed by atoms with Gasteiger partial charge in [0.15, 0.2) is 0 Å². The smallest absolute Gasteiger partial charge is 0.309 e. The summed E-state index contributed by atoms with van der Waals surface area (Å²) in [6, 6.07) is 9.31. The molecule has 1 fully saturated rings. The first kappa shape index (κ1) is 12.8. The van der Waals surface area contributed by atoms with Crippen LogP contribution in [0.4, 0.5) is 0 Å². The molecule has 1 aliphatic rings. The van der Waals surface area contributed by atoms with Gasteiger partial charge in [-0.25, -0.2) is 0 Å². The third-order valence-electron chi connectivity index (χ3n) is 3.40. The van der Waals surface area contributed by atoms with Crippen LogP contribution in [0.1, 0.15) is 18.4 Å². The van der Waals surface area contributed by atoms with Crippen molar-refractivity contribution in [2.45, 2.75) is 25.5 Å². The largest absolute Gasteiger partial charge is 0.461 e. The summed E-state index contributed by atoms with van der Waals surface area (Å²) >= 11 is 0. The van der Waals surface area contributed by atoms with Crippen LogP contribution in [-0.2, 0) is 20.9 Å². The summed E-state index contributed by atoms with van der Waals surface area (Å²) in [6.07, 6.45) is 1.89. The van der Waals surface area contributed by atoms with Crippen molar-refractivity contribution in [1.82, 2.24) is 0 Å². The molecule has 0 aliphatic heterocycles. The predicted molar refractivity (Wildman–Crippen MR) is 66.5 cm³/mol. The zero-order chi connectivity index (χ0) is 13.0. The first-order valence-electron chi connectivity index (χ1n) is 6.12. The minimum Gasteiger partial charge on any atom is -0.461 e. The molecule has 96 valence electrons. The molecule has 0 saturated heterocycles. The van der Waals surface area contributed by atoms with Gasteiger partial charge in [-0.3, -0.25) is 4.79 Å². The van der Waals surface area contributed by atoms with Crippen LogP contribution in [0.25, 0.3) is 0 Å². The van der Waals surface area contributed by atoms with E-state index in [9.17, 15) is 9.59 Å². The molecule has 2 rings (SSSR count). The highest BCUT2D eigenvalue weighted by molar-refractivity contribution is 5.74. The average molecular weight is 247 g/mol. The Morgan fingerprint density at radius 3 is 2.67 bits per heavy atom. The lowest BCUT2D eigenvalue weighted by Gasteiger charge is -2.09. The molecule has 0 spiro atoms. The van der Waals surface area contributed by atoms with Gasteiger partial charge in [0.25, 0.3) is 0 Å². The van der Waals surface area contributed by atoms with E-state index < -0.39 is 0 Å². The minimum atomic E-state index is -0.251. The van der Waals surface area contributed by atoms with Gasteiger partial charge in [0.05, 0.1) is 5.92 Å². The first-order valence-corrected chi connectivity index (χ1v) is 6.12. The molecule has 0 heterocycles.